The van der Waals surface area contributed by atoms with Crippen LogP contribution in [0.25, 0.3) is 0 Å². The molecule has 0 aromatic heterocycles. The molecule has 1 aromatic rings. The predicted octanol–water partition coefficient (Wildman–Crippen LogP) is 1.40. The summed E-state index contributed by atoms with van der Waals surface area (Å²) in [6.45, 7) is 3.65. The predicted molar refractivity (Wildman–Crippen MR) is 64.4 cm³/mol. The summed E-state index contributed by atoms with van der Waals surface area (Å²) < 4.78 is 14.5. The van der Waals surface area contributed by atoms with Gasteiger partial charge in [-0.25, -0.2) is 9.59 Å². The van der Waals surface area contributed by atoms with E-state index in [-0.39, 0.29) is 0 Å². The summed E-state index contributed by atoms with van der Waals surface area (Å²) in [5, 5.41) is 0. The molecule has 98 valence electrons. The zero-order valence-corrected chi connectivity index (χ0v) is 10.9. The third kappa shape index (κ3) is 3.00. The van der Waals surface area contributed by atoms with Crippen LogP contribution in [0.4, 0.5) is 0 Å². The highest BCUT2D eigenvalue weighted by molar-refractivity contribution is 5.98. The molecule has 0 amide bonds. The zero-order valence-electron chi connectivity index (χ0n) is 10.9. The van der Waals surface area contributed by atoms with E-state index in [1.807, 2.05) is 32.0 Å². The molecule has 0 aliphatic rings. The first kappa shape index (κ1) is 14.0. The number of rotatable bonds is 4. The summed E-state index contributed by atoms with van der Waals surface area (Å²) in [7, 11) is 2.37. The smallest absolute Gasteiger partial charge is 0.359 e. The van der Waals surface area contributed by atoms with Gasteiger partial charge in [0.1, 0.15) is 5.75 Å². The average Bonchev–Trinajstić information content (AvgIpc) is 2.37. The van der Waals surface area contributed by atoms with Gasteiger partial charge < -0.3 is 14.2 Å². The fraction of sp³-hybridized carbons (Fsp3) is 0.385. The number of benzene rings is 1. The molecular weight excluding hydrogens is 236 g/mol. The van der Waals surface area contributed by atoms with E-state index in [9.17, 15) is 9.59 Å². The number of esters is 2. The van der Waals surface area contributed by atoms with Gasteiger partial charge in [-0.1, -0.05) is 18.2 Å². The van der Waals surface area contributed by atoms with Gasteiger partial charge in [-0.3, -0.25) is 0 Å². The number of hydrogen-bond acceptors (Lipinski definition) is 5. The van der Waals surface area contributed by atoms with Crippen LogP contribution in [-0.4, -0.2) is 32.3 Å². The van der Waals surface area contributed by atoms with E-state index >= 15 is 0 Å². The minimum atomic E-state index is -1.40. The Bertz CT molecular complexity index is 416. The van der Waals surface area contributed by atoms with Crippen LogP contribution >= 0.6 is 0 Å². The van der Waals surface area contributed by atoms with Gasteiger partial charge in [-0.15, -0.1) is 0 Å². The third-order valence-corrected chi connectivity index (χ3v) is 2.47. The molecule has 0 spiro atoms. The molecular formula is C13H16O5. The number of hydrogen-bond donors (Lipinski definition) is 0. The van der Waals surface area contributed by atoms with E-state index in [4.69, 9.17) is 4.74 Å². The topological polar surface area (TPSA) is 61.8 Å². The second kappa shape index (κ2) is 6.05. The molecule has 0 saturated heterocycles. The highest BCUT2D eigenvalue weighted by atomic mass is 16.6. The first-order chi connectivity index (χ1) is 8.51. The molecule has 1 aromatic carbocycles. The maximum Gasteiger partial charge on any atom is 0.359 e. The molecule has 0 fully saturated rings. The van der Waals surface area contributed by atoms with Gasteiger partial charge in [0.2, 0.25) is 0 Å². The van der Waals surface area contributed by atoms with Gasteiger partial charge in [-0.2, -0.15) is 0 Å². The molecule has 5 nitrogen and oxygen atoms in total. The lowest BCUT2D eigenvalue weighted by atomic mass is 10.1. The summed E-state index contributed by atoms with van der Waals surface area (Å²) in [5.74, 6) is -1.09. The first-order valence-corrected chi connectivity index (χ1v) is 5.39. The van der Waals surface area contributed by atoms with Crippen LogP contribution in [0.5, 0.6) is 5.75 Å². The lowest BCUT2D eigenvalue weighted by molar-refractivity contribution is -0.163. The van der Waals surface area contributed by atoms with Crippen molar-refractivity contribution in [2.24, 2.45) is 0 Å². The summed E-state index contributed by atoms with van der Waals surface area (Å²) in [5.41, 5.74) is 1.65. The van der Waals surface area contributed by atoms with Crippen molar-refractivity contribution in [3.63, 3.8) is 0 Å². The van der Waals surface area contributed by atoms with E-state index in [2.05, 4.69) is 9.47 Å². The molecule has 0 aliphatic heterocycles. The minimum absolute atomic E-state index is 0.485. The Kier molecular flexibility index (Phi) is 4.71. The summed E-state index contributed by atoms with van der Waals surface area (Å²) in [4.78, 5) is 23.0. The average molecular weight is 252 g/mol. The molecule has 0 bridgehead atoms. The maximum atomic E-state index is 11.5. The van der Waals surface area contributed by atoms with Crippen molar-refractivity contribution in [1.82, 2.24) is 0 Å². The minimum Gasteiger partial charge on any atom is -0.466 e. The normalized spacial score (nSPS) is 10.1. The molecule has 0 heterocycles. The summed E-state index contributed by atoms with van der Waals surface area (Å²) in [6.07, 6.45) is -1.40. The molecule has 18 heavy (non-hydrogen) atoms. The third-order valence-electron chi connectivity index (χ3n) is 2.47. The largest absolute Gasteiger partial charge is 0.466 e. The fourth-order valence-electron chi connectivity index (χ4n) is 1.51. The van der Waals surface area contributed by atoms with Crippen LogP contribution in [0.15, 0.2) is 18.2 Å². The lowest BCUT2D eigenvalue weighted by Crippen LogP contribution is -2.37. The van der Waals surface area contributed by atoms with E-state index in [1.165, 1.54) is 14.2 Å². The number of ether oxygens (including phenoxy) is 3. The molecule has 5 heteroatoms. The van der Waals surface area contributed by atoms with Crippen molar-refractivity contribution in [2.45, 2.75) is 20.0 Å². The second-order valence-corrected chi connectivity index (χ2v) is 3.77. The van der Waals surface area contributed by atoms with Gasteiger partial charge in [0.05, 0.1) is 14.2 Å². The van der Waals surface area contributed by atoms with Crippen LogP contribution in [0.3, 0.4) is 0 Å². The Balaban J connectivity index is 3.03. The van der Waals surface area contributed by atoms with Crippen LogP contribution in [0, 0.1) is 13.8 Å². The summed E-state index contributed by atoms with van der Waals surface area (Å²) in [6, 6.07) is 5.52. The van der Waals surface area contributed by atoms with Crippen LogP contribution in [-0.2, 0) is 19.1 Å². The molecule has 0 N–H and O–H groups in total. The summed E-state index contributed by atoms with van der Waals surface area (Å²) >= 11 is 0. The van der Waals surface area contributed by atoms with Crippen molar-refractivity contribution < 1.29 is 23.8 Å². The van der Waals surface area contributed by atoms with Gasteiger partial charge in [0.15, 0.2) is 0 Å². The molecule has 0 atom stereocenters. The Morgan fingerprint density at radius 2 is 1.44 bits per heavy atom. The van der Waals surface area contributed by atoms with Crippen molar-refractivity contribution in [1.29, 1.82) is 0 Å². The van der Waals surface area contributed by atoms with Gasteiger partial charge in [0.25, 0.3) is 6.10 Å². The lowest BCUT2D eigenvalue weighted by Gasteiger charge is -2.17. The zero-order chi connectivity index (χ0) is 13.7. The molecule has 0 radical (unpaired) electrons. The van der Waals surface area contributed by atoms with E-state index < -0.39 is 18.0 Å². The Morgan fingerprint density at radius 3 is 1.83 bits per heavy atom. The fourth-order valence-corrected chi connectivity index (χ4v) is 1.51. The van der Waals surface area contributed by atoms with Crippen molar-refractivity contribution in [3.05, 3.63) is 29.3 Å². The SMILES string of the molecule is COC(=O)C(Oc1c(C)cccc1C)C(=O)OC. The van der Waals surface area contributed by atoms with Gasteiger partial charge in [-0.05, 0) is 25.0 Å². The molecule has 0 saturated carbocycles. The Morgan fingerprint density at radius 1 is 1.00 bits per heavy atom. The molecule has 0 unspecified atom stereocenters. The highest BCUT2D eigenvalue weighted by Crippen LogP contribution is 2.24. The van der Waals surface area contributed by atoms with Crippen LogP contribution in [0.2, 0.25) is 0 Å². The maximum absolute atomic E-state index is 11.5. The van der Waals surface area contributed by atoms with Crippen molar-refractivity contribution in [2.75, 3.05) is 14.2 Å². The number of aryl methyl sites for hydroxylation is 2. The molecule has 1 rings (SSSR count). The number of methoxy groups -OCH3 is 2. The van der Waals surface area contributed by atoms with Gasteiger partial charge in [0, 0.05) is 0 Å². The quantitative estimate of drug-likeness (QED) is 0.598. The van der Waals surface area contributed by atoms with Crippen molar-refractivity contribution in [3.8, 4) is 5.75 Å². The van der Waals surface area contributed by atoms with Crippen LogP contribution in [0.1, 0.15) is 11.1 Å². The highest BCUT2D eigenvalue weighted by Gasteiger charge is 2.31. The number of carbonyl (C=O) groups excluding carboxylic acids is 2. The standard InChI is InChI=1S/C13H16O5/c1-8-6-5-7-9(2)10(8)18-11(12(14)16-3)13(15)17-4/h5-7,11H,1-4H3. The van der Waals surface area contributed by atoms with Crippen molar-refractivity contribution >= 4 is 11.9 Å². The van der Waals surface area contributed by atoms with E-state index in [1.54, 1.807) is 0 Å². The van der Waals surface area contributed by atoms with Crippen LogP contribution < -0.4 is 4.74 Å². The second-order valence-electron chi connectivity index (χ2n) is 3.77. The Hall–Kier alpha value is -2.04. The number of carbonyl (C=O) groups is 2. The monoisotopic (exact) mass is 252 g/mol. The first-order valence-electron chi connectivity index (χ1n) is 5.39. The van der Waals surface area contributed by atoms with E-state index in [0.29, 0.717) is 5.75 Å². The van der Waals surface area contributed by atoms with Gasteiger partial charge >= 0.3 is 11.9 Å². The Labute approximate surface area is 106 Å². The van der Waals surface area contributed by atoms with E-state index in [0.717, 1.165) is 11.1 Å². The number of para-hydroxylation sites is 1. The molecule has 0 aliphatic carbocycles.